The number of aliphatic hydroxyl groups is 2. The molecule has 2 atom stereocenters. The monoisotopic (exact) mass is 312 g/mol. The second-order valence-electron chi connectivity index (χ2n) is 4.71. The summed E-state index contributed by atoms with van der Waals surface area (Å²) < 4.78 is 4.68. The number of esters is 1. The smallest absolute Gasteiger partial charge is 0.338 e. The molecule has 2 N–H and O–H groups in total. The van der Waals surface area contributed by atoms with Crippen LogP contribution >= 0.6 is 11.8 Å². The summed E-state index contributed by atoms with van der Waals surface area (Å²) in [6, 6.07) is 4.88. The predicted octanol–water partition coefficient (Wildman–Crippen LogP) is 1.85. The highest BCUT2D eigenvalue weighted by molar-refractivity contribution is 8.13. The van der Waals surface area contributed by atoms with Gasteiger partial charge in [-0.25, -0.2) is 4.79 Å². The Bertz CT molecular complexity index is 515. The highest BCUT2D eigenvalue weighted by atomic mass is 32.2. The number of carbonyl (C=O) groups is 2. The number of aliphatic hydroxyl groups excluding tert-OH is 2. The summed E-state index contributed by atoms with van der Waals surface area (Å²) in [5, 5.41) is 20.0. The van der Waals surface area contributed by atoms with Crippen LogP contribution in [0.3, 0.4) is 0 Å². The van der Waals surface area contributed by atoms with Crippen molar-refractivity contribution in [3.8, 4) is 0 Å². The summed E-state index contributed by atoms with van der Waals surface area (Å²) in [6.07, 6.45) is -1.82. The van der Waals surface area contributed by atoms with Crippen molar-refractivity contribution < 1.29 is 24.5 Å². The summed E-state index contributed by atoms with van der Waals surface area (Å²) in [6.45, 7) is 3.22. The van der Waals surface area contributed by atoms with E-state index in [1.54, 1.807) is 19.1 Å². The molecule has 1 aromatic rings. The number of ether oxygens (including phenoxy) is 1. The molecule has 0 spiro atoms. The number of carbonyl (C=O) groups excluding carboxylic acids is 2. The second kappa shape index (κ2) is 8.17. The molecular formula is C15H20O5S. The average molecular weight is 312 g/mol. The Balaban J connectivity index is 2.79. The van der Waals surface area contributed by atoms with Gasteiger partial charge in [0.05, 0.1) is 18.8 Å². The first-order valence-electron chi connectivity index (χ1n) is 6.55. The lowest BCUT2D eigenvalue weighted by Crippen LogP contribution is -2.20. The van der Waals surface area contributed by atoms with Gasteiger partial charge in [0.15, 0.2) is 5.12 Å². The lowest BCUT2D eigenvalue weighted by atomic mass is 9.98. The van der Waals surface area contributed by atoms with Crippen LogP contribution in [-0.2, 0) is 9.53 Å². The second-order valence-corrected chi connectivity index (χ2v) is 5.98. The van der Waals surface area contributed by atoms with Crippen molar-refractivity contribution in [1.82, 2.24) is 0 Å². The molecule has 0 heterocycles. The number of hydrogen-bond acceptors (Lipinski definition) is 6. The standard InChI is InChI=1S/C15H20O5S/c1-9-4-5-11(8-12(9)15(19)20-3)14(18)13(17)6-7-21-10(2)16/h4-5,8,13-14,17-18H,6-7H2,1-3H3. The van der Waals surface area contributed by atoms with Crippen molar-refractivity contribution in [2.45, 2.75) is 32.5 Å². The van der Waals surface area contributed by atoms with Crippen LogP contribution in [0.15, 0.2) is 18.2 Å². The zero-order chi connectivity index (χ0) is 16.0. The number of rotatable bonds is 6. The molecule has 0 bridgehead atoms. The maximum Gasteiger partial charge on any atom is 0.338 e. The third-order valence-electron chi connectivity index (χ3n) is 3.09. The Morgan fingerprint density at radius 2 is 2.00 bits per heavy atom. The van der Waals surface area contributed by atoms with Gasteiger partial charge in [0, 0.05) is 12.7 Å². The van der Waals surface area contributed by atoms with Gasteiger partial charge in [0.25, 0.3) is 0 Å². The first-order valence-corrected chi connectivity index (χ1v) is 7.53. The first-order chi connectivity index (χ1) is 9.86. The first kappa shape index (κ1) is 17.7. The topological polar surface area (TPSA) is 83.8 Å². The van der Waals surface area contributed by atoms with E-state index in [4.69, 9.17) is 0 Å². The van der Waals surface area contributed by atoms with E-state index in [0.717, 1.165) is 17.3 Å². The fraction of sp³-hybridized carbons (Fsp3) is 0.467. The van der Waals surface area contributed by atoms with Crippen molar-refractivity contribution in [1.29, 1.82) is 0 Å². The molecule has 0 aliphatic heterocycles. The largest absolute Gasteiger partial charge is 0.465 e. The van der Waals surface area contributed by atoms with Crippen LogP contribution in [0, 0.1) is 6.92 Å². The predicted molar refractivity (Wildman–Crippen MR) is 81.2 cm³/mol. The van der Waals surface area contributed by atoms with Gasteiger partial charge in [-0.15, -0.1) is 0 Å². The molecule has 21 heavy (non-hydrogen) atoms. The minimum absolute atomic E-state index is 0.0278. The molecule has 0 aliphatic carbocycles. The fourth-order valence-electron chi connectivity index (χ4n) is 1.86. The molecule has 116 valence electrons. The normalized spacial score (nSPS) is 13.6. The maximum atomic E-state index is 11.6. The summed E-state index contributed by atoms with van der Waals surface area (Å²) in [4.78, 5) is 22.4. The van der Waals surface area contributed by atoms with Gasteiger partial charge in [-0.1, -0.05) is 23.9 Å². The molecular weight excluding hydrogens is 292 g/mol. The molecule has 1 aromatic carbocycles. The van der Waals surface area contributed by atoms with E-state index in [-0.39, 0.29) is 11.5 Å². The molecule has 1 rings (SSSR count). The molecule has 5 nitrogen and oxygen atoms in total. The van der Waals surface area contributed by atoms with Crippen molar-refractivity contribution in [3.63, 3.8) is 0 Å². The Kier molecular flexibility index (Phi) is 6.87. The highest BCUT2D eigenvalue weighted by Gasteiger charge is 2.20. The minimum atomic E-state index is -1.11. The molecule has 2 unspecified atom stereocenters. The number of aryl methyl sites for hydroxylation is 1. The molecule has 0 amide bonds. The van der Waals surface area contributed by atoms with E-state index in [2.05, 4.69) is 4.74 Å². The Hall–Kier alpha value is -1.37. The van der Waals surface area contributed by atoms with Crippen LogP contribution in [0.4, 0.5) is 0 Å². The molecule has 0 aliphatic rings. The minimum Gasteiger partial charge on any atom is -0.465 e. The van der Waals surface area contributed by atoms with Crippen molar-refractivity contribution in [3.05, 3.63) is 34.9 Å². The Morgan fingerprint density at radius 1 is 1.33 bits per heavy atom. The van der Waals surface area contributed by atoms with Gasteiger partial charge in [-0.3, -0.25) is 4.79 Å². The van der Waals surface area contributed by atoms with Crippen molar-refractivity contribution in [2.24, 2.45) is 0 Å². The van der Waals surface area contributed by atoms with Gasteiger partial charge in [-0.2, -0.15) is 0 Å². The highest BCUT2D eigenvalue weighted by Crippen LogP contribution is 2.23. The zero-order valence-corrected chi connectivity index (χ0v) is 13.1. The lowest BCUT2D eigenvalue weighted by Gasteiger charge is -2.19. The maximum absolute atomic E-state index is 11.6. The molecule has 0 saturated carbocycles. The van der Waals surface area contributed by atoms with Crippen LogP contribution in [0.5, 0.6) is 0 Å². The molecule has 6 heteroatoms. The van der Waals surface area contributed by atoms with Gasteiger partial charge in [0.1, 0.15) is 6.10 Å². The van der Waals surface area contributed by atoms with Crippen molar-refractivity contribution in [2.75, 3.05) is 12.9 Å². The average Bonchev–Trinajstić information content (AvgIpc) is 2.45. The van der Waals surface area contributed by atoms with Crippen LogP contribution in [0.25, 0.3) is 0 Å². The third-order valence-corrected chi connectivity index (χ3v) is 3.94. The summed E-state index contributed by atoms with van der Waals surface area (Å²) in [5.41, 5.74) is 1.54. The number of benzene rings is 1. The van der Waals surface area contributed by atoms with Crippen molar-refractivity contribution >= 4 is 22.8 Å². The summed E-state index contributed by atoms with van der Waals surface area (Å²) in [7, 11) is 1.29. The van der Waals surface area contributed by atoms with Gasteiger partial charge in [0.2, 0.25) is 0 Å². The van der Waals surface area contributed by atoms with E-state index in [0.29, 0.717) is 16.9 Å². The summed E-state index contributed by atoms with van der Waals surface area (Å²) >= 11 is 1.10. The number of thioether (sulfide) groups is 1. The zero-order valence-electron chi connectivity index (χ0n) is 12.3. The Morgan fingerprint density at radius 3 is 2.57 bits per heavy atom. The quantitative estimate of drug-likeness (QED) is 0.780. The molecule has 0 saturated heterocycles. The van der Waals surface area contributed by atoms with Crippen LogP contribution in [0.2, 0.25) is 0 Å². The van der Waals surface area contributed by atoms with E-state index in [1.165, 1.54) is 20.1 Å². The number of hydrogen-bond donors (Lipinski definition) is 2. The molecule has 0 aromatic heterocycles. The van der Waals surface area contributed by atoms with E-state index in [1.807, 2.05) is 0 Å². The van der Waals surface area contributed by atoms with Crippen LogP contribution in [0.1, 0.15) is 40.9 Å². The van der Waals surface area contributed by atoms with Crippen LogP contribution in [-0.4, -0.2) is 40.3 Å². The fourth-order valence-corrected chi connectivity index (χ4v) is 2.50. The Labute approximate surface area is 128 Å². The SMILES string of the molecule is COC(=O)c1cc(C(O)C(O)CCSC(C)=O)ccc1C. The summed E-state index contributed by atoms with van der Waals surface area (Å²) in [5.74, 6) is -0.0494. The third kappa shape index (κ3) is 5.15. The van der Waals surface area contributed by atoms with Crippen LogP contribution < -0.4 is 0 Å². The van der Waals surface area contributed by atoms with Gasteiger partial charge in [-0.05, 0) is 30.5 Å². The van der Waals surface area contributed by atoms with Gasteiger partial charge < -0.3 is 14.9 Å². The molecule has 0 fully saturated rings. The van der Waals surface area contributed by atoms with E-state index >= 15 is 0 Å². The van der Waals surface area contributed by atoms with E-state index in [9.17, 15) is 19.8 Å². The number of methoxy groups -OCH3 is 1. The lowest BCUT2D eigenvalue weighted by molar-refractivity contribution is -0.109. The van der Waals surface area contributed by atoms with Gasteiger partial charge >= 0.3 is 5.97 Å². The van der Waals surface area contributed by atoms with E-state index < -0.39 is 18.2 Å². The molecule has 0 radical (unpaired) electrons.